The summed E-state index contributed by atoms with van der Waals surface area (Å²) in [7, 11) is 0. The maximum atomic E-state index is 11.2. The molecule has 4 nitrogen and oxygen atoms in total. The number of rotatable bonds is 5. The second-order valence-electron chi connectivity index (χ2n) is 8.80. The monoisotopic (exact) mass is 365 g/mol. The van der Waals surface area contributed by atoms with E-state index >= 15 is 0 Å². The SMILES string of the molecule is CCC(C)(C)c1cc(-n2nc3cccc(C)c3n2)c(O)c(C(C)(C)CC)c1. The lowest BCUT2D eigenvalue weighted by molar-refractivity contribution is 0.420. The number of benzene rings is 2. The van der Waals surface area contributed by atoms with Crippen LogP contribution in [0.25, 0.3) is 16.7 Å². The fourth-order valence-electron chi connectivity index (χ4n) is 3.25. The number of phenols is 1. The molecule has 2 aromatic carbocycles. The van der Waals surface area contributed by atoms with Crippen LogP contribution >= 0.6 is 0 Å². The summed E-state index contributed by atoms with van der Waals surface area (Å²) in [6.07, 6.45) is 1.94. The van der Waals surface area contributed by atoms with Crippen LogP contribution in [0, 0.1) is 6.92 Å². The summed E-state index contributed by atoms with van der Waals surface area (Å²) in [4.78, 5) is 1.59. The van der Waals surface area contributed by atoms with Gasteiger partial charge in [-0.3, -0.25) is 0 Å². The first-order valence-electron chi connectivity index (χ1n) is 9.81. The molecule has 0 bridgehead atoms. The highest BCUT2D eigenvalue weighted by atomic mass is 16.3. The Hall–Kier alpha value is -2.36. The molecule has 0 aliphatic heterocycles. The zero-order chi connectivity index (χ0) is 20.0. The topological polar surface area (TPSA) is 50.9 Å². The molecule has 3 aromatic rings. The van der Waals surface area contributed by atoms with E-state index in [1.54, 1.807) is 4.80 Å². The van der Waals surface area contributed by atoms with Gasteiger partial charge in [-0.1, -0.05) is 59.7 Å². The fourth-order valence-corrected chi connectivity index (χ4v) is 3.25. The first-order valence-corrected chi connectivity index (χ1v) is 9.81. The Morgan fingerprint density at radius 2 is 1.63 bits per heavy atom. The minimum atomic E-state index is -0.138. The van der Waals surface area contributed by atoms with Crippen molar-refractivity contribution in [3.8, 4) is 11.4 Å². The van der Waals surface area contributed by atoms with Gasteiger partial charge in [-0.2, -0.15) is 0 Å². The molecule has 0 spiro atoms. The Morgan fingerprint density at radius 1 is 0.963 bits per heavy atom. The molecule has 0 radical (unpaired) electrons. The normalized spacial score (nSPS) is 12.7. The highest BCUT2D eigenvalue weighted by Crippen LogP contribution is 2.41. The van der Waals surface area contributed by atoms with Crippen LogP contribution in [0.3, 0.4) is 0 Å². The van der Waals surface area contributed by atoms with Crippen molar-refractivity contribution in [1.29, 1.82) is 0 Å². The molecular formula is C23H31N3O. The minimum Gasteiger partial charge on any atom is -0.505 e. The van der Waals surface area contributed by atoms with Crippen LogP contribution in [0.1, 0.15) is 71.1 Å². The largest absolute Gasteiger partial charge is 0.505 e. The Labute approximate surface area is 162 Å². The molecular weight excluding hydrogens is 334 g/mol. The van der Waals surface area contributed by atoms with Gasteiger partial charge in [0, 0.05) is 5.56 Å². The molecule has 1 N–H and O–H groups in total. The number of hydrogen-bond acceptors (Lipinski definition) is 3. The van der Waals surface area contributed by atoms with Crippen molar-refractivity contribution < 1.29 is 5.11 Å². The molecule has 3 rings (SSSR count). The van der Waals surface area contributed by atoms with E-state index < -0.39 is 0 Å². The number of hydrogen-bond donors (Lipinski definition) is 1. The zero-order valence-corrected chi connectivity index (χ0v) is 17.6. The zero-order valence-electron chi connectivity index (χ0n) is 17.6. The lowest BCUT2D eigenvalue weighted by atomic mass is 9.76. The molecule has 0 saturated carbocycles. The van der Waals surface area contributed by atoms with Gasteiger partial charge in [-0.15, -0.1) is 15.0 Å². The standard InChI is InChI=1S/C23H31N3O/c1-8-22(4,5)16-13-17(23(6,7)9-2)21(27)19(14-16)26-24-18-12-10-11-15(3)20(18)25-26/h10-14,27H,8-9H2,1-7H3. The van der Waals surface area contributed by atoms with E-state index in [1.807, 2.05) is 31.2 Å². The van der Waals surface area contributed by atoms with Gasteiger partial charge >= 0.3 is 0 Å². The molecule has 0 aliphatic carbocycles. The molecule has 0 amide bonds. The quantitative estimate of drug-likeness (QED) is 0.621. The maximum absolute atomic E-state index is 11.2. The second kappa shape index (κ2) is 6.66. The van der Waals surface area contributed by atoms with E-state index in [1.165, 1.54) is 5.56 Å². The van der Waals surface area contributed by atoms with Crippen molar-refractivity contribution in [3.05, 3.63) is 47.0 Å². The molecule has 0 saturated heterocycles. The Morgan fingerprint density at radius 3 is 2.22 bits per heavy atom. The molecule has 0 aliphatic rings. The minimum absolute atomic E-state index is 0.00349. The van der Waals surface area contributed by atoms with Crippen molar-refractivity contribution >= 4 is 11.0 Å². The summed E-state index contributed by atoms with van der Waals surface area (Å²) >= 11 is 0. The number of phenolic OH excluding ortho intramolecular Hbond substituents is 1. The van der Waals surface area contributed by atoms with Crippen LogP contribution in [-0.4, -0.2) is 20.1 Å². The third kappa shape index (κ3) is 3.33. The van der Waals surface area contributed by atoms with Crippen LogP contribution in [-0.2, 0) is 10.8 Å². The molecule has 1 heterocycles. The van der Waals surface area contributed by atoms with Gasteiger partial charge in [0.1, 0.15) is 22.5 Å². The fraction of sp³-hybridized carbons (Fsp3) is 0.478. The predicted octanol–water partition coefficient (Wildman–Crippen LogP) is 5.81. The van der Waals surface area contributed by atoms with Crippen LogP contribution in [0.5, 0.6) is 5.75 Å². The van der Waals surface area contributed by atoms with Gasteiger partial charge in [-0.25, -0.2) is 0 Å². The first-order chi connectivity index (χ1) is 12.6. The number of nitrogens with zero attached hydrogens (tertiary/aromatic N) is 3. The van der Waals surface area contributed by atoms with Crippen molar-refractivity contribution in [2.24, 2.45) is 0 Å². The van der Waals surface area contributed by atoms with E-state index in [4.69, 9.17) is 0 Å². The summed E-state index contributed by atoms with van der Waals surface area (Å²) in [5.41, 5.74) is 5.47. The van der Waals surface area contributed by atoms with Crippen LogP contribution in [0.4, 0.5) is 0 Å². The van der Waals surface area contributed by atoms with Gasteiger partial charge in [0.2, 0.25) is 0 Å². The number of aromatic nitrogens is 3. The molecule has 1 aromatic heterocycles. The maximum Gasteiger partial charge on any atom is 0.146 e. The van der Waals surface area contributed by atoms with E-state index in [0.717, 1.165) is 35.0 Å². The highest BCUT2D eigenvalue weighted by Gasteiger charge is 2.29. The molecule has 144 valence electrons. The highest BCUT2D eigenvalue weighted by molar-refractivity contribution is 5.77. The van der Waals surface area contributed by atoms with Gasteiger partial charge < -0.3 is 5.11 Å². The van der Waals surface area contributed by atoms with Gasteiger partial charge in [0.25, 0.3) is 0 Å². The van der Waals surface area contributed by atoms with Crippen molar-refractivity contribution in [1.82, 2.24) is 15.0 Å². The second-order valence-corrected chi connectivity index (χ2v) is 8.80. The van der Waals surface area contributed by atoms with Gasteiger partial charge in [0.15, 0.2) is 0 Å². The summed E-state index contributed by atoms with van der Waals surface area (Å²) in [6, 6.07) is 10.2. The lowest BCUT2D eigenvalue weighted by Gasteiger charge is -2.30. The Kier molecular flexibility index (Phi) is 4.79. The molecule has 0 unspecified atom stereocenters. The van der Waals surface area contributed by atoms with E-state index in [-0.39, 0.29) is 16.6 Å². The number of aromatic hydroxyl groups is 1. The lowest BCUT2D eigenvalue weighted by Crippen LogP contribution is -2.21. The van der Waals surface area contributed by atoms with Crippen LogP contribution in [0.2, 0.25) is 0 Å². The van der Waals surface area contributed by atoms with Gasteiger partial charge in [0.05, 0.1) is 0 Å². The van der Waals surface area contributed by atoms with E-state index in [0.29, 0.717) is 5.69 Å². The first kappa shape index (κ1) is 19.4. The molecule has 0 atom stereocenters. The summed E-state index contributed by atoms with van der Waals surface area (Å²) < 4.78 is 0. The van der Waals surface area contributed by atoms with Gasteiger partial charge in [-0.05, 0) is 53.9 Å². The Bertz CT molecular complexity index is 983. The van der Waals surface area contributed by atoms with Crippen LogP contribution < -0.4 is 0 Å². The summed E-state index contributed by atoms with van der Waals surface area (Å²) in [5.74, 6) is 0.274. The van der Waals surface area contributed by atoms with E-state index in [2.05, 4.69) is 57.8 Å². The van der Waals surface area contributed by atoms with E-state index in [9.17, 15) is 5.11 Å². The van der Waals surface area contributed by atoms with Crippen LogP contribution in [0.15, 0.2) is 30.3 Å². The molecule has 0 fully saturated rings. The predicted molar refractivity (Wildman–Crippen MR) is 112 cm³/mol. The third-order valence-electron chi connectivity index (χ3n) is 6.20. The number of fused-ring (bicyclic) bond motifs is 1. The summed E-state index contributed by atoms with van der Waals surface area (Å²) in [6.45, 7) is 15.2. The molecule has 4 heteroatoms. The van der Waals surface area contributed by atoms with Crippen molar-refractivity contribution in [3.63, 3.8) is 0 Å². The van der Waals surface area contributed by atoms with Crippen molar-refractivity contribution in [2.75, 3.05) is 0 Å². The Balaban J connectivity index is 2.31. The van der Waals surface area contributed by atoms with Crippen molar-refractivity contribution in [2.45, 2.75) is 72.1 Å². The number of aryl methyl sites for hydroxylation is 1. The average Bonchev–Trinajstić information content (AvgIpc) is 3.07. The molecule has 27 heavy (non-hydrogen) atoms. The third-order valence-corrected chi connectivity index (χ3v) is 6.20. The average molecular weight is 366 g/mol. The summed E-state index contributed by atoms with van der Waals surface area (Å²) in [5, 5.41) is 20.5. The smallest absolute Gasteiger partial charge is 0.146 e.